The maximum Gasteiger partial charge on any atom is 0.352 e. The van der Waals surface area contributed by atoms with Crippen molar-refractivity contribution in [1.82, 2.24) is 0 Å². The van der Waals surface area contributed by atoms with Crippen LogP contribution >= 0.6 is 0 Å². The summed E-state index contributed by atoms with van der Waals surface area (Å²) in [5.41, 5.74) is 1.22. The highest BCUT2D eigenvalue weighted by Crippen LogP contribution is 2.36. The molecule has 0 amide bonds. The smallest absolute Gasteiger partial charge is 0.352 e. The van der Waals surface area contributed by atoms with E-state index in [1.165, 1.54) is 11.1 Å². The molecule has 21 heavy (non-hydrogen) atoms. The van der Waals surface area contributed by atoms with Crippen molar-refractivity contribution in [3.05, 3.63) is 66.0 Å². The SMILES string of the molecule is O=C(O)C1=NN(c2ccccc2F)C(c2ccccc2)C1. The molecule has 0 radical (unpaired) electrons. The second-order valence-corrected chi connectivity index (χ2v) is 4.78. The maximum atomic E-state index is 14.0. The molecule has 2 aromatic carbocycles. The Morgan fingerprint density at radius 3 is 2.48 bits per heavy atom. The molecule has 0 fully saturated rings. The number of hydrazone groups is 1. The van der Waals surface area contributed by atoms with Gasteiger partial charge in [0.05, 0.1) is 11.7 Å². The first-order chi connectivity index (χ1) is 10.2. The molecular formula is C16H13FN2O2. The number of halogens is 1. The Labute approximate surface area is 121 Å². The number of hydrogen-bond donors (Lipinski definition) is 1. The summed E-state index contributed by atoms with van der Waals surface area (Å²) in [4.78, 5) is 11.2. The zero-order chi connectivity index (χ0) is 14.8. The van der Waals surface area contributed by atoms with Crippen LogP contribution in [0.4, 0.5) is 10.1 Å². The summed E-state index contributed by atoms with van der Waals surface area (Å²) < 4.78 is 14.0. The van der Waals surface area contributed by atoms with Gasteiger partial charge in [-0.1, -0.05) is 42.5 Å². The molecule has 0 saturated carbocycles. The highest BCUT2D eigenvalue weighted by atomic mass is 19.1. The third kappa shape index (κ3) is 2.50. The molecule has 0 spiro atoms. The molecule has 3 rings (SSSR count). The van der Waals surface area contributed by atoms with Crippen LogP contribution in [0.15, 0.2) is 59.7 Å². The molecule has 1 aliphatic heterocycles. The van der Waals surface area contributed by atoms with Crippen molar-refractivity contribution >= 4 is 17.4 Å². The van der Waals surface area contributed by atoms with Gasteiger partial charge in [-0.15, -0.1) is 0 Å². The Balaban J connectivity index is 2.05. The predicted molar refractivity (Wildman–Crippen MR) is 77.7 cm³/mol. The lowest BCUT2D eigenvalue weighted by Gasteiger charge is -2.24. The molecule has 1 N–H and O–H groups in total. The first-order valence-electron chi connectivity index (χ1n) is 6.56. The fraction of sp³-hybridized carbons (Fsp3) is 0.125. The molecule has 1 aliphatic rings. The van der Waals surface area contributed by atoms with E-state index in [0.717, 1.165) is 5.56 Å². The van der Waals surface area contributed by atoms with Crippen LogP contribution in [0.5, 0.6) is 0 Å². The van der Waals surface area contributed by atoms with Gasteiger partial charge in [0.2, 0.25) is 0 Å². The van der Waals surface area contributed by atoms with Gasteiger partial charge in [-0.05, 0) is 17.7 Å². The summed E-state index contributed by atoms with van der Waals surface area (Å²) in [6, 6.07) is 15.3. The minimum atomic E-state index is -1.07. The highest BCUT2D eigenvalue weighted by molar-refractivity contribution is 6.36. The molecule has 0 bridgehead atoms. The lowest BCUT2D eigenvalue weighted by Crippen LogP contribution is -2.19. The van der Waals surface area contributed by atoms with Crippen LogP contribution in [0.1, 0.15) is 18.0 Å². The third-order valence-electron chi connectivity index (χ3n) is 3.44. The van der Waals surface area contributed by atoms with Gasteiger partial charge in [0.1, 0.15) is 11.5 Å². The van der Waals surface area contributed by atoms with Crippen molar-refractivity contribution in [2.45, 2.75) is 12.5 Å². The van der Waals surface area contributed by atoms with E-state index < -0.39 is 11.8 Å². The maximum absolute atomic E-state index is 14.0. The van der Waals surface area contributed by atoms with Crippen LogP contribution < -0.4 is 5.01 Å². The van der Waals surface area contributed by atoms with E-state index in [0.29, 0.717) is 0 Å². The van der Waals surface area contributed by atoms with Crippen LogP contribution in [-0.4, -0.2) is 16.8 Å². The molecule has 2 aromatic rings. The molecule has 1 atom stereocenters. The number of carboxylic acid groups (broad SMARTS) is 1. The Morgan fingerprint density at radius 2 is 1.81 bits per heavy atom. The number of aliphatic carboxylic acids is 1. The molecule has 0 aromatic heterocycles. The number of carbonyl (C=O) groups is 1. The van der Waals surface area contributed by atoms with E-state index in [2.05, 4.69) is 5.10 Å². The van der Waals surface area contributed by atoms with Crippen LogP contribution in [0.2, 0.25) is 0 Å². The Hall–Kier alpha value is -2.69. The van der Waals surface area contributed by atoms with E-state index >= 15 is 0 Å². The topological polar surface area (TPSA) is 52.9 Å². The van der Waals surface area contributed by atoms with Crippen LogP contribution in [0.25, 0.3) is 0 Å². The fourth-order valence-electron chi connectivity index (χ4n) is 2.43. The molecule has 1 unspecified atom stereocenters. The van der Waals surface area contributed by atoms with Gasteiger partial charge < -0.3 is 5.11 Å². The summed E-state index contributed by atoms with van der Waals surface area (Å²) in [6.07, 6.45) is 0.244. The van der Waals surface area contributed by atoms with Gasteiger partial charge >= 0.3 is 5.97 Å². The third-order valence-corrected chi connectivity index (χ3v) is 3.44. The number of carboxylic acids is 1. The van der Waals surface area contributed by atoms with E-state index in [-0.39, 0.29) is 23.9 Å². The summed E-state index contributed by atoms with van der Waals surface area (Å²) in [5, 5.41) is 14.7. The zero-order valence-electron chi connectivity index (χ0n) is 11.1. The van der Waals surface area contributed by atoms with Crippen molar-refractivity contribution in [1.29, 1.82) is 0 Å². The second-order valence-electron chi connectivity index (χ2n) is 4.78. The molecule has 5 heteroatoms. The van der Waals surface area contributed by atoms with E-state index in [4.69, 9.17) is 5.11 Å². The van der Waals surface area contributed by atoms with E-state index in [1.54, 1.807) is 18.2 Å². The molecular weight excluding hydrogens is 271 g/mol. The first kappa shape index (κ1) is 13.3. The van der Waals surface area contributed by atoms with E-state index in [1.807, 2.05) is 30.3 Å². The Morgan fingerprint density at radius 1 is 1.14 bits per heavy atom. The first-order valence-corrected chi connectivity index (χ1v) is 6.56. The molecule has 4 nitrogen and oxygen atoms in total. The van der Waals surface area contributed by atoms with Gasteiger partial charge in [-0.3, -0.25) is 5.01 Å². The van der Waals surface area contributed by atoms with Gasteiger partial charge in [0.25, 0.3) is 0 Å². The lowest BCUT2D eigenvalue weighted by atomic mass is 10.0. The number of nitrogens with zero attached hydrogens (tertiary/aromatic N) is 2. The summed E-state index contributed by atoms with van der Waals surface area (Å²) >= 11 is 0. The molecule has 106 valence electrons. The standard InChI is InChI=1S/C16H13FN2O2/c17-12-8-4-5-9-14(12)19-15(10-13(18-19)16(20)21)11-6-2-1-3-7-11/h1-9,15H,10H2,(H,20,21). The summed E-state index contributed by atoms with van der Waals surface area (Å²) in [7, 11) is 0. The number of hydrogen-bond acceptors (Lipinski definition) is 3. The summed E-state index contributed by atoms with van der Waals surface area (Å²) in [5.74, 6) is -1.50. The van der Waals surface area contributed by atoms with Gasteiger partial charge in [0.15, 0.2) is 0 Å². The zero-order valence-corrected chi connectivity index (χ0v) is 11.1. The monoisotopic (exact) mass is 284 g/mol. The van der Waals surface area contributed by atoms with Crippen molar-refractivity contribution in [3.8, 4) is 0 Å². The minimum absolute atomic E-state index is 0.0344. The number of para-hydroxylation sites is 1. The van der Waals surface area contributed by atoms with E-state index in [9.17, 15) is 9.18 Å². The fourth-order valence-corrected chi connectivity index (χ4v) is 2.43. The minimum Gasteiger partial charge on any atom is -0.477 e. The second kappa shape index (κ2) is 5.36. The van der Waals surface area contributed by atoms with Crippen molar-refractivity contribution < 1.29 is 14.3 Å². The average Bonchev–Trinajstić information content (AvgIpc) is 2.94. The van der Waals surface area contributed by atoms with Crippen LogP contribution in [0, 0.1) is 5.82 Å². The Kier molecular flexibility index (Phi) is 3.39. The molecule has 0 saturated heterocycles. The van der Waals surface area contributed by atoms with Crippen molar-refractivity contribution in [3.63, 3.8) is 0 Å². The van der Waals surface area contributed by atoms with Gasteiger partial charge in [-0.2, -0.15) is 5.10 Å². The van der Waals surface area contributed by atoms with Gasteiger partial charge in [0, 0.05) is 6.42 Å². The largest absolute Gasteiger partial charge is 0.477 e. The number of rotatable bonds is 3. The van der Waals surface area contributed by atoms with Crippen LogP contribution in [0.3, 0.4) is 0 Å². The summed E-state index contributed by atoms with van der Waals surface area (Å²) in [6.45, 7) is 0. The predicted octanol–water partition coefficient (Wildman–Crippen LogP) is 3.22. The van der Waals surface area contributed by atoms with Gasteiger partial charge in [-0.25, -0.2) is 9.18 Å². The normalized spacial score (nSPS) is 17.7. The number of benzene rings is 2. The highest BCUT2D eigenvalue weighted by Gasteiger charge is 2.33. The van der Waals surface area contributed by atoms with Crippen LogP contribution in [-0.2, 0) is 4.79 Å². The molecule has 0 aliphatic carbocycles. The number of anilines is 1. The van der Waals surface area contributed by atoms with Crippen molar-refractivity contribution in [2.75, 3.05) is 5.01 Å². The average molecular weight is 284 g/mol. The van der Waals surface area contributed by atoms with Crippen molar-refractivity contribution in [2.24, 2.45) is 5.10 Å². The lowest BCUT2D eigenvalue weighted by molar-refractivity contribution is -0.129. The Bertz CT molecular complexity index is 700. The quantitative estimate of drug-likeness (QED) is 0.941. The molecule has 1 heterocycles.